The molecule has 2 aliphatic rings. The molecule has 0 radical (unpaired) electrons. The minimum Gasteiger partial charge on any atom is -0.327 e. The Labute approximate surface area is 100 Å². The van der Waals surface area contributed by atoms with Crippen LogP contribution in [-0.2, 0) is 0 Å². The van der Waals surface area contributed by atoms with Crippen molar-refractivity contribution in [3.8, 4) is 0 Å². The molecule has 0 bridgehead atoms. The first kappa shape index (κ1) is 13.9. The number of rotatable bonds is 0. The summed E-state index contributed by atoms with van der Waals surface area (Å²) in [6.07, 6.45) is 10.1. The molecule has 6 N–H and O–H groups in total. The molecular formula is C13H29N3. The van der Waals surface area contributed by atoms with Crippen LogP contribution in [0.1, 0.15) is 58.3 Å². The van der Waals surface area contributed by atoms with Crippen molar-refractivity contribution in [3.63, 3.8) is 0 Å². The van der Waals surface area contributed by atoms with Crippen LogP contribution in [0, 0.1) is 5.92 Å². The van der Waals surface area contributed by atoms with Crippen LogP contribution in [-0.4, -0.2) is 18.1 Å². The van der Waals surface area contributed by atoms with Crippen molar-refractivity contribution >= 4 is 0 Å². The van der Waals surface area contributed by atoms with Gasteiger partial charge in [-0.15, -0.1) is 0 Å². The topological polar surface area (TPSA) is 78.1 Å². The third kappa shape index (κ3) is 4.81. The van der Waals surface area contributed by atoms with Crippen LogP contribution in [0.3, 0.4) is 0 Å². The zero-order chi connectivity index (χ0) is 12.0. The lowest BCUT2D eigenvalue weighted by atomic mass is 9.87. The van der Waals surface area contributed by atoms with Gasteiger partial charge < -0.3 is 17.2 Å². The van der Waals surface area contributed by atoms with E-state index in [9.17, 15) is 0 Å². The van der Waals surface area contributed by atoms with Gasteiger partial charge in [0.1, 0.15) is 0 Å². The lowest BCUT2D eigenvalue weighted by Gasteiger charge is -2.24. The van der Waals surface area contributed by atoms with Crippen LogP contribution in [0.15, 0.2) is 0 Å². The Morgan fingerprint density at radius 1 is 0.625 bits per heavy atom. The fourth-order valence-electron chi connectivity index (χ4n) is 2.53. The van der Waals surface area contributed by atoms with E-state index in [1.54, 1.807) is 0 Å². The summed E-state index contributed by atoms with van der Waals surface area (Å²) in [4.78, 5) is 0. The summed E-state index contributed by atoms with van der Waals surface area (Å²) in [6, 6.07) is 1.07. The normalized spacial score (nSPS) is 39.8. The van der Waals surface area contributed by atoms with Crippen molar-refractivity contribution in [2.75, 3.05) is 0 Å². The molecule has 0 amide bonds. The average molecular weight is 227 g/mol. The number of nitrogens with two attached hydrogens (primary N) is 3. The summed E-state index contributed by atoms with van der Waals surface area (Å²) in [5.41, 5.74) is 17.1. The second kappa shape index (κ2) is 7.25. The minimum atomic E-state index is 0.281. The third-order valence-corrected chi connectivity index (χ3v) is 4.05. The summed E-state index contributed by atoms with van der Waals surface area (Å²) in [7, 11) is 0. The molecule has 16 heavy (non-hydrogen) atoms. The van der Waals surface area contributed by atoms with Crippen LogP contribution in [0.2, 0.25) is 0 Å². The molecule has 0 saturated heterocycles. The van der Waals surface area contributed by atoms with Gasteiger partial charge in [-0.05, 0) is 31.6 Å². The zero-order valence-corrected chi connectivity index (χ0v) is 10.7. The largest absolute Gasteiger partial charge is 0.327 e. The Kier molecular flexibility index (Phi) is 6.32. The smallest absolute Gasteiger partial charge is 0.0192 e. The molecule has 3 heteroatoms. The second-order valence-corrected chi connectivity index (χ2v) is 5.54. The van der Waals surface area contributed by atoms with E-state index in [0.717, 1.165) is 18.8 Å². The molecule has 2 aliphatic carbocycles. The first-order valence-electron chi connectivity index (χ1n) is 6.88. The van der Waals surface area contributed by atoms with Crippen molar-refractivity contribution in [1.82, 2.24) is 0 Å². The van der Waals surface area contributed by atoms with Gasteiger partial charge in [0.15, 0.2) is 0 Å². The third-order valence-electron chi connectivity index (χ3n) is 4.05. The van der Waals surface area contributed by atoms with Gasteiger partial charge in [-0.2, -0.15) is 0 Å². The maximum Gasteiger partial charge on any atom is 0.0192 e. The second-order valence-electron chi connectivity index (χ2n) is 5.54. The Morgan fingerprint density at radius 2 is 1.00 bits per heavy atom. The molecule has 2 rings (SSSR count). The first-order valence-corrected chi connectivity index (χ1v) is 6.88. The van der Waals surface area contributed by atoms with Crippen LogP contribution in [0.4, 0.5) is 0 Å². The molecule has 4 unspecified atom stereocenters. The highest BCUT2D eigenvalue weighted by molar-refractivity contribution is 4.79. The fraction of sp³-hybridized carbons (Fsp3) is 1.00. The quantitative estimate of drug-likeness (QED) is 0.590. The van der Waals surface area contributed by atoms with E-state index in [2.05, 4.69) is 6.92 Å². The van der Waals surface area contributed by atoms with Gasteiger partial charge in [0, 0.05) is 18.1 Å². The SMILES string of the molecule is CC1CCCCC1N.NC1CCCCC1N. The molecule has 0 aromatic rings. The van der Waals surface area contributed by atoms with Crippen molar-refractivity contribution in [1.29, 1.82) is 0 Å². The number of hydrogen-bond acceptors (Lipinski definition) is 3. The molecule has 2 saturated carbocycles. The monoisotopic (exact) mass is 227 g/mol. The van der Waals surface area contributed by atoms with Crippen molar-refractivity contribution in [3.05, 3.63) is 0 Å². The van der Waals surface area contributed by atoms with Gasteiger partial charge >= 0.3 is 0 Å². The summed E-state index contributed by atoms with van der Waals surface area (Å²) in [6.45, 7) is 2.25. The van der Waals surface area contributed by atoms with E-state index in [0.29, 0.717) is 6.04 Å². The summed E-state index contributed by atoms with van der Waals surface area (Å²) >= 11 is 0. The van der Waals surface area contributed by atoms with E-state index >= 15 is 0 Å². The van der Waals surface area contributed by atoms with Crippen LogP contribution < -0.4 is 17.2 Å². The van der Waals surface area contributed by atoms with Gasteiger partial charge in [0.2, 0.25) is 0 Å². The van der Waals surface area contributed by atoms with Gasteiger partial charge in [0.25, 0.3) is 0 Å². The number of hydrogen-bond donors (Lipinski definition) is 3. The van der Waals surface area contributed by atoms with E-state index in [1.165, 1.54) is 38.5 Å². The lowest BCUT2D eigenvalue weighted by molar-refractivity contribution is 0.331. The molecule has 4 atom stereocenters. The van der Waals surface area contributed by atoms with E-state index < -0.39 is 0 Å². The lowest BCUT2D eigenvalue weighted by Crippen LogP contribution is -2.43. The molecule has 0 aromatic heterocycles. The van der Waals surface area contributed by atoms with E-state index in [4.69, 9.17) is 17.2 Å². The van der Waals surface area contributed by atoms with Gasteiger partial charge in [-0.1, -0.05) is 32.6 Å². The highest BCUT2D eigenvalue weighted by Gasteiger charge is 2.16. The van der Waals surface area contributed by atoms with Crippen molar-refractivity contribution < 1.29 is 0 Å². The summed E-state index contributed by atoms with van der Waals surface area (Å²) < 4.78 is 0. The molecular weight excluding hydrogens is 198 g/mol. The summed E-state index contributed by atoms with van der Waals surface area (Å²) in [5, 5.41) is 0. The van der Waals surface area contributed by atoms with Crippen LogP contribution >= 0.6 is 0 Å². The van der Waals surface area contributed by atoms with E-state index in [1.807, 2.05) is 0 Å². The Balaban J connectivity index is 0.000000160. The standard InChI is InChI=1S/C7H15N.C6H14N2/c1-6-4-2-3-5-7(6)8;7-5-3-1-2-4-6(5)8/h6-7H,2-5,8H2,1H3;5-6H,1-4,7-8H2. The molecule has 96 valence electrons. The van der Waals surface area contributed by atoms with Gasteiger partial charge in [-0.25, -0.2) is 0 Å². The van der Waals surface area contributed by atoms with E-state index in [-0.39, 0.29) is 12.1 Å². The van der Waals surface area contributed by atoms with Crippen molar-refractivity contribution in [2.24, 2.45) is 23.1 Å². The Morgan fingerprint density at radius 3 is 1.25 bits per heavy atom. The minimum absolute atomic E-state index is 0.281. The fourth-order valence-corrected chi connectivity index (χ4v) is 2.53. The zero-order valence-electron chi connectivity index (χ0n) is 10.7. The van der Waals surface area contributed by atoms with Crippen molar-refractivity contribution in [2.45, 2.75) is 76.4 Å². The molecule has 0 aliphatic heterocycles. The molecule has 3 nitrogen and oxygen atoms in total. The Bertz CT molecular complexity index is 144. The highest BCUT2D eigenvalue weighted by Crippen LogP contribution is 2.21. The maximum absolute atomic E-state index is 5.78. The highest BCUT2D eigenvalue weighted by atomic mass is 14.8. The van der Waals surface area contributed by atoms with Gasteiger partial charge in [-0.3, -0.25) is 0 Å². The first-order chi connectivity index (χ1) is 7.61. The molecule has 0 spiro atoms. The molecule has 0 heterocycles. The van der Waals surface area contributed by atoms with Gasteiger partial charge in [0.05, 0.1) is 0 Å². The predicted octanol–water partition coefficient (Wildman–Crippen LogP) is 1.74. The van der Waals surface area contributed by atoms with Crippen LogP contribution in [0.5, 0.6) is 0 Å². The Hall–Kier alpha value is -0.120. The molecule has 0 aromatic carbocycles. The average Bonchev–Trinajstić information content (AvgIpc) is 2.28. The maximum atomic E-state index is 5.78. The summed E-state index contributed by atoms with van der Waals surface area (Å²) in [5.74, 6) is 0.781. The predicted molar refractivity (Wildman–Crippen MR) is 70.0 cm³/mol. The van der Waals surface area contributed by atoms with Crippen LogP contribution in [0.25, 0.3) is 0 Å². The molecule has 2 fully saturated rings.